The zero-order chi connectivity index (χ0) is 16.5. The first-order valence-electron chi connectivity index (χ1n) is 9.30. The van der Waals surface area contributed by atoms with Crippen LogP contribution >= 0.6 is 0 Å². The average molecular weight is 325 g/mol. The Morgan fingerprint density at radius 1 is 1.17 bits per heavy atom. The Hall–Kier alpha value is -1.81. The zero-order valence-corrected chi connectivity index (χ0v) is 14.5. The van der Waals surface area contributed by atoms with Crippen LogP contribution in [0.2, 0.25) is 0 Å². The number of amides is 1. The minimum atomic E-state index is 0.0692. The van der Waals surface area contributed by atoms with Crippen molar-refractivity contribution in [2.45, 2.75) is 38.1 Å². The summed E-state index contributed by atoms with van der Waals surface area (Å²) in [7, 11) is 2.00. The predicted molar refractivity (Wildman–Crippen MR) is 97.2 cm³/mol. The van der Waals surface area contributed by atoms with E-state index in [-0.39, 0.29) is 5.91 Å². The molecule has 128 valence electrons. The van der Waals surface area contributed by atoms with Gasteiger partial charge in [-0.2, -0.15) is 0 Å². The van der Waals surface area contributed by atoms with E-state index in [4.69, 9.17) is 0 Å². The van der Waals surface area contributed by atoms with Crippen molar-refractivity contribution in [1.29, 1.82) is 0 Å². The number of aryl methyl sites for hydroxylation is 1. The first-order valence-corrected chi connectivity index (χ1v) is 9.30. The molecule has 2 unspecified atom stereocenters. The minimum Gasteiger partial charge on any atom is -0.352 e. The number of nitrogens with zero attached hydrogens (tertiary/aromatic N) is 2. The van der Waals surface area contributed by atoms with Gasteiger partial charge in [0, 0.05) is 36.7 Å². The van der Waals surface area contributed by atoms with Gasteiger partial charge < -0.3 is 14.8 Å². The van der Waals surface area contributed by atoms with Crippen molar-refractivity contribution < 1.29 is 4.79 Å². The molecule has 2 saturated heterocycles. The highest BCUT2D eigenvalue weighted by molar-refractivity contribution is 6.06. The highest BCUT2D eigenvalue weighted by Gasteiger charge is 2.33. The largest absolute Gasteiger partial charge is 0.352 e. The maximum absolute atomic E-state index is 12.7. The lowest BCUT2D eigenvalue weighted by atomic mass is 9.83. The molecule has 1 amide bonds. The molecule has 0 bridgehead atoms. The highest BCUT2D eigenvalue weighted by atomic mass is 16.1. The van der Waals surface area contributed by atoms with Gasteiger partial charge in [-0.15, -0.1) is 0 Å². The van der Waals surface area contributed by atoms with Crippen LogP contribution in [0.4, 0.5) is 0 Å². The molecule has 4 rings (SSSR count). The van der Waals surface area contributed by atoms with Gasteiger partial charge in [0.05, 0.1) is 5.56 Å². The van der Waals surface area contributed by atoms with Crippen LogP contribution in [-0.2, 0) is 7.05 Å². The number of fused-ring (bicyclic) bond motifs is 2. The molecule has 24 heavy (non-hydrogen) atoms. The van der Waals surface area contributed by atoms with Crippen LogP contribution in [0.5, 0.6) is 0 Å². The molecule has 4 nitrogen and oxygen atoms in total. The van der Waals surface area contributed by atoms with Crippen LogP contribution in [0.15, 0.2) is 30.5 Å². The SMILES string of the molecule is Cn1cc(C(=O)NCC2CCCN3CCCCC23)c2ccccc21. The molecule has 4 heteroatoms. The van der Waals surface area contributed by atoms with E-state index in [0.717, 1.165) is 23.0 Å². The molecule has 2 aliphatic heterocycles. The zero-order valence-electron chi connectivity index (χ0n) is 14.5. The standard InChI is InChI=1S/C20H27N3O/c1-22-14-17(16-8-2-3-10-19(16)22)20(24)21-13-15-7-6-12-23-11-5-4-9-18(15)23/h2-3,8,10,14-15,18H,4-7,9,11-13H2,1H3,(H,21,24). The number of aromatic nitrogens is 1. The van der Waals surface area contributed by atoms with Crippen LogP contribution < -0.4 is 5.32 Å². The molecular formula is C20H27N3O. The summed E-state index contributed by atoms with van der Waals surface area (Å²) in [4.78, 5) is 15.4. The molecule has 1 aromatic carbocycles. The lowest BCUT2D eigenvalue weighted by molar-refractivity contribution is 0.0576. The lowest BCUT2D eigenvalue weighted by Crippen LogP contribution is -2.50. The topological polar surface area (TPSA) is 37.3 Å². The van der Waals surface area contributed by atoms with Crippen LogP contribution in [0, 0.1) is 5.92 Å². The average Bonchev–Trinajstić information content (AvgIpc) is 2.97. The predicted octanol–water partition coefficient (Wildman–Crippen LogP) is 3.17. The first-order chi connectivity index (χ1) is 11.7. The Morgan fingerprint density at radius 2 is 2.00 bits per heavy atom. The summed E-state index contributed by atoms with van der Waals surface area (Å²) in [6, 6.07) is 8.80. The number of hydrogen-bond acceptors (Lipinski definition) is 2. The van der Waals surface area contributed by atoms with Crippen molar-refractivity contribution >= 4 is 16.8 Å². The van der Waals surface area contributed by atoms with Gasteiger partial charge in [-0.3, -0.25) is 4.79 Å². The third kappa shape index (κ3) is 2.84. The van der Waals surface area contributed by atoms with E-state index in [0.29, 0.717) is 12.0 Å². The number of nitrogens with one attached hydrogen (secondary N) is 1. The molecule has 2 fully saturated rings. The van der Waals surface area contributed by atoms with Crippen molar-refractivity contribution in [2.75, 3.05) is 19.6 Å². The maximum Gasteiger partial charge on any atom is 0.253 e. The van der Waals surface area contributed by atoms with Gasteiger partial charge >= 0.3 is 0 Å². The third-order valence-electron chi connectivity index (χ3n) is 5.90. The summed E-state index contributed by atoms with van der Waals surface area (Å²) >= 11 is 0. The molecule has 0 spiro atoms. The van der Waals surface area contributed by atoms with E-state index >= 15 is 0 Å². The summed E-state index contributed by atoms with van der Waals surface area (Å²) in [5.41, 5.74) is 1.91. The second-order valence-electron chi connectivity index (χ2n) is 7.38. The van der Waals surface area contributed by atoms with Crippen molar-refractivity contribution in [3.63, 3.8) is 0 Å². The van der Waals surface area contributed by atoms with Crippen LogP contribution in [0.3, 0.4) is 0 Å². The van der Waals surface area contributed by atoms with Gasteiger partial charge in [-0.1, -0.05) is 24.6 Å². The Balaban J connectivity index is 1.46. The Bertz CT molecular complexity index is 734. The molecule has 2 aliphatic rings. The van der Waals surface area contributed by atoms with Crippen molar-refractivity contribution in [2.24, 2.45) is 13.0 Å². The Kier molecular flexibility index (Phi) is 4.31. The van der Waals surface area contributed by atoms with Gasteiger partial charge in [0.1, 0.15) is 0 Å². The summed E-state index contributed by atoms with van der Waals surface area (Å²) in [6.45, 7) is 3.31. The van der Waals surface area contributed by atoms with Crippen molar-refractivity contribution in [3.05, 3.63) is 36.0 Å². The maximum atomic E-state index is 12.7. The summed E-state index contributed by atoms with van der Waals surface area (Å²) in [5, 5.41) is 4.27. The highest BCUT2D eigenvalue weighted by Crippen LogP contribution is 2.30. The minimum absolute atomic E-state index is 0.0692. The van der Waals surface area contributed by atoms with E-state index in [2.05, 4.69) is 16.3 Å². The van der Waals surface area contributed by atoms with Crippen molar-refractivity contribution in [1.82, 2.24) is 14.8 Å². The normalized spacial score (nSPS) is 24.7. The second-order valence-corrected chi connectivity index (χ2v) is 7.38. The molecule has 0 saturated carbocycles. The number of carbonyl (C=O) groups excluding carboxylic acids is 1. The van der Waals surface area contributed by atoms with Gasteiger partial charge in [0.15, 0.2) is 0 Å². The van der Waals surface area contributed by atoms with Gasteiger partial charge in [-0.05, 0) is 50.8 Å². The Morgan fingerprint density at radius 3 is 2.92 bits per heavy atom. The molecule has 1 aromatic heterocycles. The van der Waals surface area contributed by atoms with Gasteiger partial charge in [-0.25, -0.2) is 0 Å². The summed E-state index contributed by atoms with van der Waals surface area (Å²) in [6.07, 6.45) is 8.45. The fraction of sp³-hybridized carbons (Fsp3) is 0.550. The van der Waals surface area contributed by atoms with Crippen molar-refractivity contribution in [3.8, 4) is 0 Å². The smallest absolute Gasteiger partial charge is 0.253 e. The number of rotatable bonds is 3. The fourth-order valence-electron chi connectivity index (χ4n) is 4.66. The number of hydrogen-bond donors (Lipinski definition) is 1. The van der Waals surface area contributed by atoms with E-state index in [1.54, 1.807) is 0 Å². The molecule has 0 radical (unpaired) electrons. The van der Waals surface area contributed by atoms with Gasteiger partial charge in [0.25, 0.3) is 5.91 Å². The molecular weight excluding hydrogens is 298 g/mol. The summed E-state index contributed by atoms with van der Waals surface area (Å²) in [5.74, 6) is 0.678. The second kappa shape index (κ2) is 6.60. The van der Waals surface area contributed by atoms with Crippen LogP contribution in [-0.4, -0.2) is 41.1 Å². The number of benzene rings is 1. The quantitative estimate of drug-likeness (QED) is 0.941. The molecule has 2 aromatic rings. The Labute approximate surface area is 143 Å². The van der Waals surface area contributed by atoms with E-state index < -0.39 is 0 Å². The fourth-order valence-corrected chi connectivity index (χ4v) is 4.66. The first kappa shape index (κ1) is 15.7. The summed E-state index contributed by atoms with van der Waals surface area (Å²) < 4.78 is 2.04. The number of carbonyl (C=O) groups is 1. The monoisotopic (exact) mass is 325 g/mol. The van der Waals surface area contributed by atoms with Crippen LogP contribution in [0.1, 0.15) is 42.5 Å². The molecule has 1 N–H and O–H groups in total. The van der Waals surface area contributed by atoms with E-state index in [9.17, 15) is 4.79 Å². The van der Waals surface area contributed by atoms with Gasteiger partial charge in [0.2, 0.25) is 0 Å². The third-order valence-corrected chi connectivity index (χ3v) is 5.90. The van der Waals surface area contributed by atoms with E-state index in [1.807, 2.05) is 36.0 Å². The van der Waals surface area contributed by atoms with E-state index in [1.165, 1.54) is 45.2 Å². The molecule has 2 atom stereocenters. The van der Waals surface area contributed by atoms with Crippen LogP contribution in [0.25, 0.3) is 10.9 Å². The molecule has 0 aliphatic carbocycles. The number of piperidine rings is 2. The number of para-hydroxylation sites is 1. The lowest BCUT2D eigenvalue weighted by Gasteiger charge is -2.44. The molecule has 3 heterocycles.